The van der Waals surface area contributed by atoms with Crippen LogP contribution in [0.3, 0.4) is 0 Å². The van der Waals surface area contributed by atoms with Crippen LogP contribution in [-0.2, 0) is 19.1 Å². The monoisotopic (exact) mass is 249 g/mol. The van der Waals surface area contributed by atoms with Crippen LogP contribution in [-0.4, -0.2) is 47.0 Å². The molecule has 16 heavy (non-hydrogen) atoms. The van der Waals surface area contributed by atoms with Crippen molar-refractivity contribution in [3.63, 3.8) is 0 Å². The summed E-state index contributed by atoms with van der Waals surface area (Å²) in [5.41, 5.74) is 0. The predicted octanol–water partition coefficient (Wildman–Crippen LogP) is 0.00920. The Labute approximate surface area is 95.5 Å². The van der Waals surface area contributed by atoms with Crippen LogP contribution in [0.1, 0.15) is 6.92 Å². The Morgan fingerprint density at radius 3 is 2.75 bits per heavy atom. The second-order valence-electron chi connectivity index (χ2n) is 3.61. The van der Waals surface area contributed by atoms with E-state index in [-0.39, 0.29) is 23.1 Å². The zero-order valence-electron chi connectivity index (χ0n) is 8.53. The minimum Gasteiger partial charge on any atom is -0.372 e. The third kappa shape index (κ3) is 2.28. The molecule has 0 N–H and O–H groups in total. The second-order valence-corrected chi connectivity index (χ2v) is 5.03. The van der Waals surface area contributed by atoms with Crippen molar-refractivity contribution in [1.29, 1.82) is 0 Å². The van der Waals surface area contributed by atoms with Gasteiger partial charge in [-0.3, -0.25) is 4.79 Å². The van der Waals surface area contributed by atoms with Gasteiger partial charge in [0.05, 0.1) is 18.5 Å². The van der Waals surface area contributed by atoms with E-state index in [9.17, 15) is 14.9 Å². The van der Waals surface area contributed by atoms with E-state index >= 15 is 0 Å². The summed E-state index contributed by atoms with van der Waals surface area (Å²) < 4.78 is 10.8. The Hall–Kier alpha value is -0.860. The van der Waals surface area contributed by atoms with Crippen LogP contribution in [0.2, 0.25) is 0 Å². The molecule has 2 saturated heterocycles. The smallest absolute Gasteiger partial charge is 0.294 e. The third-order valence-corrected chi connectivity index (χ3v) is 3.54. The molecule has 2 rings (SSSR count). The molecular weight excluding hydrogens is 238 g/mol. The Morgan fingerprint density at radius 2 is 2.12 bits per heavy atom. The maximum absolute atomic E-state index is 11.0. The second kappa shape index (κ2) is 4.56. The molecular formula is C8H11NO6S. The van der Waals surface area contributed by atoms with Gasteiger partial charge in [0.15, 0.2) is 11.2 Å². The number of hydrogen-bond donors (Lipinski definition) is 0. The molecule has 2 aliphatic rings. The molecule has 0 aromatic rings. The highest BCUT2D eigenvalue weighted by atomic mass is 32.2. The van der Waals surface area contributed by atoms with Crippen molar-refractivity contribution >= 4 is 16.9 Å². The Kier molecular flexibility index (Phi) is 3.31. The van der Waals surface area contributed by atoms with Crippen molar-refractivity contribution < 1.29 is 24.2 Å². The number of hydrogen-bond acceptors (Lipinski definition) is 7. The van der Waals surface area contributed by atoms with Crippen LogP contribution >= 0.6 is 11.8 Å². The molecule has 0 saturated carbocycles. The van der Waals surface area contributed by atoms with Gasteiger partial charge in [-0.2, -0.15) is 0 Å². The van der Waals surface area contributed by atoms with Crippen LogP contribution in [0, 0.1) is 10.1 Å². The van der Waals surface area contributed by atoms with Crippen LogP contribution in [0.15, 0.2) is 0 Å². The summed E-state index contributed by atoms with van der Waals surface area (Å²) in [6.07, 6.45) is -1.42. The van der Waals surface area contributed by atoms with Crippen LogP contribution < -0.4 is 0 Å². The summed E-state index contributed by atoms with van der Waals surface area (Å²) in [7, 11) is 0. The lowest BCUT2D eigenvalue weighted by atomic mass is 10.1. The number of carbonyl (C=O) groups is 1. The van der Waals surface area contributed by atoms with Gasteiger partial charge in [0.25, 0.3) is 5.09 Å². The maximum atomic E-state index is 11.0. The molecule has 0 bridgehead atoms. The lowest BCUT2D eigenvalue weighted by molar-refractivity contribution is -0.769. The Bertz CT molecular complexity index is 281. The van der Waals surface area contributed by atoms with Gasteiger partial charge in [0.1, 0.15) is 12.2 Å². The number of nitrogens with zero attached hydrogens (tertiary/aromatic N) is 1. The van der Waals surface area contributed by atoms with Crippen molar-refractivity contribution in [1.82, 2.24) is 0 Å². The van der Waals surface area contributed by atoms with Gasteiger partial charge >= 0.3 is 0 Å². The first-order valence-corrected chi connectivity index (χ1v) is 5.67. The van der Waals surface area contributed by atoms with Crippen LogP contribution in [0.25, 0.3) is 0 Å². The summed E-state index contributed by atoms with van der Waals surface area (Å²) in [5, 5.41) is 9.26. The van der Waals surface area contributed by atoms with E-state index in [1.807, 2.05) is 0 Å². The fraction of sp³-hybridized carbons (Fsp3) is 0.875. The summed E-state index contributed by atoms with van der Waals surface area (Å²) in [6.45, 7) is 1.96. The number of fused-ring (bicyclic) bond motifs is 1. The normalized spacial score (nSPS) is 37.1. The Balaban J connectivity index is 1.95. The van der Waals surface area contributed by atoms with Crippen LogP contribution in [0.4, 0.5) is 0 Å². The zero-order chi connectivity index (χ0) is 11.7. The molecule has 0 spiro atoms. The van der Waals surface area contributed by atoms with E-state index in [2.05, 4.69) is 4.84 Å². The lowest BCUT2D eigenvalue weighted by Gasteiger charge is -2.14. The zero-order valence-corrected chi connectivity index (χ0v) is 9.35. The molecule has 7 nitrogen and oxygen atoms in total. The van der Waals surface area contributed by atoms with Gasteiger partial charge in [-0.25, -0.2) is 0 Å². The average Bonchev–Trinajstić information content (AvgIpc) is 2.70. The van der Waals surface area contributed by atoms with Crippen molar-refractivity contribution in [2.75, 3.05) is 13.2 Å². The summed E-state index contributed by atoms with van der Waals surface area (Å²) in [5.74, 6) is 0. The molecule has 2 heterocycles. The van der Waals surface area contributed by atoms with Gasteiger partial charge < -0.3 is 14.3 Å². The van der Waals surface area contributed by atoms with E-state index in [4.69, 9.17) is 9.47 Å². The largest absolute Gasteiger partial charge is 0.372 e. The number of ether oxygens (including phenoxy) is 2. The fourth-order valence-electron chi connectivity index (χ4n) is 1.94. The lowest BCUT2D eigenvalue weighted by Crippen LogP contribution is -2.33. The quantitative estimate of drug-likeness (QED) is 0.514. The number of carbonyl (C=O) groups excluding carboxylic acids is 1. The minimum absolute atomic E-state index is 0.0171. The molecule has 0 aromatic heterocycles. The summed E-state index contributed by atoms with van der Waals surface area (Å²) >= 11 is 1.15. The summed E-state index contributed by atoms with van der Waals surface area (Å²) in [4.78, 5) is 25.6. The molecule has 0 aliphatic carbocycles. The minimum atomic E-state index is -0.842. The van der Waals surface area contributed by atoms with Crippen molar-refractivity contribution in [3.05, 3.63) is 10.1 Å². The van der Waals surface area contributed by atoms with Crippen LogP contribution in [0.5, 0.6) is 0 Å². The van der Waals surface area contributed by atoms with Gasteiger partial charge in [-0.05, 0) is 0 Å². The predicted molar refractivity (Wildman–Crippen MR) is 53.4 cm³/mol. The number of rotatable bonds is 3. The molecule has 2 fully saturated rings. The molecule has 0 radical (unpaired) electrons. The highest BCUT2D eigenvalue weighted by Crippen LogP contribution is 2.35. The van der Waals surface area contributed by atoms with E-state index in [1.54, 1.807) is 0 Å². The van der Waals surface area contributed by atoms with Crippen molar-refractivity contribution in [3.8, 4) is 0 Å². The van der Waals surface area contributed by atoms with Gasteiger partial charge in [-0.15, -0.1) is 10.1 Å². The molecule has 0 aromatic carbocycles. The van der Waals surface area contributed by atoms with E-state index in [0.717, 1.165) is 11.8 Å². The molecule has 4 atom stereocenters. The standard InChI is InChI=1S/C8H11NO6S/c1-4(10)16-6-3-14-7-5(15-9(11)12)2-13-8(6)7/h5-8H,2-3H2,1H3/t5?,6-,7+,8+/m0/s1. The SMILES string of the molecule is CC(=O)S[C@H]1CO[C@@H]2C(O[N+](=O)[O-])CO[C@H]12. The molecule has 0 amide bonds. The first-order valence-electron chi connectivity index (χ1n) is 4.79. The van der Waals surface area contributed by atoms with Gasteiger partial charge in [0.2, 0.25) is 0 Å². The molecule has 2 aliphatic heterocycles. The number of thioether (sulfide) groups is 1. The third-order valence-electron chi connectivity index (χ3n) is 2.50. The average molecular weight is 249 g/mol. The van der Waals surface area contributed by atoms with E-state index in [0.29, 0.717) is 6.61 Å². The maximum Gasteiger partial charge on any atom is 0.294 e. The molecule has 8 heteroatoms. The first-order chi connectivity index (χ1) is 7.58. The fourth-order valence-corrected chi connectivity index (χ4v) is 2.88. The highest BCUT2D eigenvalue weighted by molar-refractivity contribution is 8.14. The Morgan fingerprint density at radius 1 is 1.44 bits per heavy atom. The summed E-state index contributed by atoms with van der Waals surface area (Å²) in [6, 6.07) is 0. The molecule has 1 unspecified atom stereocenters. The first kappa shape index (κ1) is 11.6. The topological polar surface area (TPSA) is 87.9 Å². The highest BCUT2D eigenvalue weighted by Gasteiger charge is 2.49. The van der Waals surface area contributed by atoms with Crippen molar-refractivity contribution in [2.24, 2.45) is 0 Å². The van der Waals surface area contributed by atoms with Crippen molar-refractivity contribution in [2.45, 2.75) is 30.5 Å². The van der Waals surface area contributed by atoms with Gasteiger partial charge in [-0.1, -0.05) is 11.8 Å². The van der Waals surface area contributed by atoms with Gasteiger partial charge in [0, 0.05) is 6.92 Å². The van der Waals surface area contributed by atoms with E-state index in [1.165, 1.54) is 6.92 Å². The molecule has 90 valence electrons. The van der Waals surface area contributed by atoms with E-state index < -0.39 is 17.3 Å².